The highest BCUT2D eigenvalue weighted by molar-refractivity contribution is 5.81. The van der Waals surface area contributed by atoms with E-state index in [0.717, 1.165) is 77.0 Å². The number of carbonyl (C=O) groups is 4. The Bertz CT molecular complexity index is 1060. The maximum absolute atomic E-state index is 13.3. The summed E-state index contributed by atoms with van der Waals surface area (Å²) in [6, 6.07) is 0. The van der Waals surface area contributed by atoms with E-state index < -0.39 is 12.6 Å². The molecule has 0 aromatic carbocycles. The molecular formula is C42H64O10. The first kappa shape index (κ1) is 40.5. The van der Waals surface area contributed by atoms with Gasteiger partial charge in [-0.2, -0.15) is 0 Å². The third-order valence-electron chi connectivity index (χ3n) is 13.0. The van der Waals surface area contributed by atoms with Crippen LogP contribution in [0.2, 0.25) is 0 Å². The molecule has 0 radical (unpaired) electrons. The van der Waals surface area contributed by atoms with Gasteiger partial charge in [-0.25, -0.2) is 9.59 Å². The number of rotatable bonds is 16. The molecule has 4 aliphatic carbocycles. The van der Waals surface area contributed by atoms with Crippen molar-refractivity contribution in [3.63, 3.8) is 0 Å². The molecule has 4 saturated carbocycles. The van der Waals surface area contributed by atoms with Crippen molar-refractivity contribution >= 4 is 23.9 Å². The summed E-state index contributed by atoms with van der Waals surface area (Å²) in [7, 11) is 0. The minimum Gasteiger partial charge on any atom is -0.463 e. The van der Waals surface area contributed by atoms with Crippen LogP contribution in [-0.4, -0.2) is 62.9 Å². The van der Waals surface area contributed by atoms with Crippen LogP contribution in [0.1, 0.15) is 128 Å². The van der Waals surface area contributed by atoms with Crippen LogP contribution in [0.3, 0.4) is 0 Å². The summed E-state index contributed by atoms with van der Waals surface area (Å²) in [6.45, 7) is 8.39. The van der Waals surface area contributed by atoms with Crippen LogP contribution in [0, 0.1) is 47.3 Å². The standard InChI is InChI=1S/C42H64O10/c1-3-37(43)47-25-5-7-29-9-13-31(14-10-29)33-17-21-35(22-18-33)39(45)51-41-42(50-28-27-49-41)52-40(46)36-23-19-34(20-24-36)32-15-11-30(12-16-32)8-6-26-48-38(44)4-2/h3-4,29-36,41-42H,1-2,5-28H2/t29?,30?,31?,32?,33?,34?,35?,36?,41-,42-/m1/s1. The molecule has 0 unspecified atom stereocenters. The molecule has 0 bridgehead atoms. The van der Waals surface area contributed by atoms with Crippen LogP contribution >= 0.6 is 0 Å². The van der Waals surface area contributed by atoms with Gasteiger partial charge in [0, 0.05) is 12.2 Å². The summed E-state index contributed by atoms with van der Waals surface area (Å²) in [6.07, 6.45) is 21.6. The summed E-state index contributed by atoms with van der Waals surface area (Å²) in [5.41, 5.74) is 0. The van der Waals surface area contributed by atoms with Crippen LogP contribution in [0.4, 0.5) is 0 Å². The van der Waals surface area contributed by atoms with Crippen molar-refractivity contribution in [2.75, 3.05) is 26.4 Å². The second kappa shape index (κ2) is 21.2. The SMILES string of the molecule is C=CC(=O)OCCCC1CCC(C2CCC(C(=O)O[C@H]3OCCO[C@@H]3OC(=O)C3CCC(C4CCC(CCCOC(=O)C=C)CC4)CC3)CC2)CC1. The summed E-state index contributed by atoms with van der Waals surface area (Å²) in [5, 5.41) is 0. The van der Waals surface area contributed by atoms with Gasteiger partial charge in [-0.3, -0.25) is 9.59 Å². The Morgan fingerprint density at radius 2 is 0.827 bits per heavy atom. The summed E-state index contributed by atoms with van der Waals surface area (Å²) < 4.78 is 33.4. The first-order chi connectivity index (χ1) is 25.3. The molecule has 292 valence electrons. The van der Waals surface area contributed by atoms with Crippen molar-refractivity contribution in [1.82, 2.24) is 0 Å². The summed E-state index contributed by atoms with van der Waals surface area (Å²) in [5.74, 6) is 2.57. The Morgan fingerprint density at radius 3 is 1.15 bits per heavy atom. The van der Waals surface area contributed by atoms with E-state index in [0.29, 0.717) is 48.7 Å². The largest absolute Gasteiger partial charge is 0.463 e. The second-order valence-corrected chi connectivity index (χ2v) is 16.2. The fraction of sp³-hybridized carbons (Fsp3) is 0.810. The van der Waals surface area contributed by atoms with E-state index in [1.165, 1.54) is 63.5 Å². The molecule has 0 spiro atoms. The van der Waals surface area contributed by atoms with E-state index in [2.05, 4.69) is 13.2 Å². The fourth-order valence-corrected chi connectivity index (χ4v) is 9.84. The smallest absolute Gasteiger partial charge is 0.330 e. The molecule has 52 heavy (non-hydrogen) atoms. The summed E-state index contributed by atoms with van der Waals surface area (Å²) in [4.78, 5) is 49.0. The van der Waals surface area contributed by atoms with Crippen molar-refractivity contribution in [3.8, 4) is 0 Å². The van der Waals surface area contributed by atoms with Gasteiger partial charge in [-0.15, -0.1) is 0 Å². The quantitative estimate of drug-likeness (QED) is 0.0668. The predicted octanol–water partition coefficient (Wildman–Crippen LogP) is 8.02. The van der Waals surface area contributed by atoms with E-state index >= 15 is 0 Å². The van der Waals surface area contributed by atoms with Crippen LogP contribution in [0.25, 0.3) is 0 Å². The molecule has 0 N–H and O–H groups in total. The van der Waals surface area contributed by atoms with Crippen LogP contribution in [0.15, 0.2) is 25.3 Å². The Morgan fingerprint density at radius 1 is 0.500 bits per heavy atom. The molecular weight excluding hydrogens is 664 g/mol. The van der Waals surface area contributed by atoms with Gasteiger partial charge >= 0.3 is 23.9 Å². The maximum Gasteiger partial charge on any atom is 0.330 e. The van der Waals surface area contributed by atoms with Gasteiger partial charge in [0.15, 0.2) is 0 Å². The van der Waals surface area contributed by atoms with Gasteiger partial charge in [-0.05, 0) is 138 Å². The minimum absolute atomic E-state index is 0.167. The number of esters is 4. The van der Waals surface area contributed by atoms with Crippen molar-refractivity contribution in [2.24, 2.45) is 47.3 Å². The average molecular weight is 729 g/mol. The van der Waals surface area contributed by atoms with Crippen LogP contribution < -0.4 is 0 Å². The lowest BCUT2D eigenvalue weighted by molar-refractivity contribution is -0.305. The van der Waals surface area contributed by atoms with Gasteiger partial charge in [0.05, 0.1) is 38.3 Å². The molecule has 1 aliphatic heterocycles. The topological polar surface area (TPSA) is 124 Å². The zero-order valence-electron chi connectivity index (χ0n) is 31.4. The van der Waals surface area contributed by atoms with E-state index in [1.807, 2.05) is 0 Å². The number of hydrogen-bond donors (Lipinski definition) is 0. The fourth-order valence-electron chi connectivity index (χ4n) is 9.84. The lowest BCUT2D eigenvalue weighted by atomic mass is 9.68. The monoisotopic (exact) mass is 728 g/mol. The third kappa shape index (κ3) is 12.4. The van der Waals surface area contributed by atoms with E-state index in [1.54, 1.807) is 0 Å². The minimum atomic E-state index is -1.03. The number of ether oxygens (including phenoxy) is 6. The Balaban J connectivity index is 0.953. The molecule has 10 heteroatoms. The van der Waals surface area contributed by atoms with Gasteiger partial charge in [0.25, 0.3) is 12.6 Å². The second-order valence-electron chi connectivity index (χ2n) is 16.2. The lowest BCUT2D eigenvalue weighted by Crippen LogP contribution is -2.46. The van der Waals surface area contributed by atoms with Gasteiger partial charge in [-0.1, -0.05) is 38.8 Å². The Kier molecular flexibility index (Phi) is 16.5. The molecule has 0 amide bonds. The van der Waals surface area contributed by atoms with Crippen molar-refractivity contribution < 1.29 is 47.6 Å². The molecule has 1 heterocycles. The number of hydrogen-bond acceptors (Lipinski definition) is 10. The Hall–Kier alpha value is -2.72. The Labute approximate surface area is 311 Å². The molecule has 5 aliphatic rings. The zero-order valence-corrected chi connectivity index (χ0v) is 31.4. The van der Waals surface area contributed by atoms with Crippen LogP contribution in [0.5, 0.6) is 0 Å². The van der Waals surface area contributed by atoms with E-state index in [9.17, 15) is 19.2 Å². The number of carbonyl (C=O) groups excluding carboxylic acids is 4. The zero-order chi connectivity index (χ0) is 36.7. The average Bonchev–Trinajstić information content (AvgIpc) is 3.19. The first-order valence-corrected chi connectivity index (χ1v) is 20.6. The van der Waals surface area contributed by atoms with Crippen molar-refractivity contribution in [2.45, 2.75) is 141 Å². The maximum atomic E-state index is 13.3. The van der Waals surface area contributed by atoms with Gasteiger partial charge < -0.3 is 28.4 Å². The summed E-state index contributed by atoms with van der Waals surface area (Å²) >= 11 is 0. The highest BCUT2D eigenvalue weighted by atomic mass is 16.8. The molecule has 10 nitrogen and oxygen atoms in total. The molecule has 5 rings (SSSR count). The van der Waals surface area contributed by atoms with Crippen molar-refractivity contribution in [3.05, 3.63) is 25.3 Å². The van der Waals surface area contributed by atoms with Crippen LogP contribution in [-0.2, 0) is 47.6 Å². The lowest BCUT2D eigenvalue weighted by Gasteiger charge is -2.38. The van der Waals surface area contributed by atoms with E-state index in [-0.39, 0.29) is 48.9 Å². The molecule has 1 saturated heterocycles. The molecule has 0 aromatic rings. The third-order valence-corrected chi connectivity index (χ3v) is 13.0. The first-order valence-electron chi connectivity index (χ1n) is 20.6. The highest BCUT2D eigenvalue weighted by Crippen LogP contribution is 2.44. The van der Waals surface area contributed by atoms with Crippen molar-refractivity contribution in [1.29, 1.82) is 0 Å². The van der Waals surface area contributed by atoms with E-state index in [4.69, 9.17) is 28.4 Å². The van der Waals surface area contributed by atoms with Gasteiger partial charge in [0.1, 0.15) is 0 Å². The predicted molar refractivity (Wildman–Crippen MR) is 194 cm³/mol. The normalized spacial score (nSPS) is 33.9. The highest BCUT2D eigenvalue weighted by Gasteiger charge is 2.40. The van der Waals surface area contributed by atoms with Gasteiger partial charge in [0.2, 0.25) is 0 Å². The molecule has 2 atom stereocenters. The molecule has 5 fully saturated rings. The molecule has 0 aromatic heterocycles.